The summed E-state index contributed by atoms with van der Waals surface area (Å²) in [5.74, 6) is -0.197. The van der Waals surface area contributed by atoms with Crippen molar-refractivity contribution in [2.45, 2.75) is 38.9 Å². The maximum absolute atomic E-state index is 12.5. The molecule has 1 aromatic carbocycles. The molecule has 1 heterocycles. The summed E-state index contributed by atoms with van der Waals surface area (Å²) in [5, 5.41) is 5.78. The van der Waals surface area contributed by atoms with Crippen molar-refractivity contribution in [2.75, 3.05) is 13.2 Å². The Bertz CT molecular complexity index is 752. The van der Waals surface area contributed by atoms with Gasteiger partial charge in [0.1, 0.15) is 0 Å². The second kappa shape index (κ2) is 6.91. The molecule has 0 N–H and O–H groups in total. The van der Waals surface area contributed by atoms with E-state index in [0.29, 0.717) is 37.7 Å². The summed E-state index contributed by atoms with van der Waals surface area (Å²) in [7, 11) is 0. The summed E-state index contributed by atoms with van der Waals surface area (Å²) < 4.78 is 6.45. The zero-order chi connectivity index (χ0) is 16.2. The van der Waals surface area contributed by atoms with E-state index in [2.05, 4.69) is 10.00 Å². The van der Waals surface area contributed by atoms with Crippen LogP contribution in [-0.2, 0) is 16.2 Å². The van der Waals surface area contributed by atoms with Gasteiger partial charge in [0.05, 0.1) is 31.3 Å². The van der Waals surface area contributed by atoms with Crippen LogP contribution in [0, 0.1) is 0 Å². The van der Waals surface area contributed by atoms with Gasteiger partial charge in [0.2, 0.25) is 0 Å². The second-order valence-electron chi connectivity index (χ2n) is 5.78. The lowest BCUT2D eigenvalue weighted by Crippen LogP contribution is -2.36. The monoisotopic (exact) mass is 315 g/mol. The fraction of sp³-hybridized carbons (Fsp3) is 0.471. The highest BCUT2D eigenvalue weighted by atomic mass is 16.5. The maximum Gasteiger partial charge on any atom is 0.307 e. The minimum atomic E-state index is -0.197. The summed E-state index contributed by atoms with van der Waals surface area (Å²) in [5.41, 5.74) is -0.0927. The Labute approximate surface area is 134 Å². The third-order valence-corrected chi connectivity index (χ3v) is 4.05. The first kappa shape index (κ1) is 15.7. The van der Waals surface area contributed by atoms with Crippen LogP contribution in [0.25, 0.3) is 10.8 Å². The van der Waals surface area contributed by atoms with Crippen LogP contribution < -0.4 is 5.56 Å². The van der Waals surface area contributed by atoms with Crippen LogP contribution in [0.5, 0.6) is 0 Å². The van der Waals surface area contributed by atoms with Crippen LogP contribution in [0.3, 0.4) is 0 Å². The highest BCUT2D eigenvalue weighted by Crippen LogP contribution is 2.27. The molecule has 23 heavy (non-hydrogen) atoms. The van der Waals surface area contributed by atoms with Gasteiger partial charge in [-0.2, -0.15) is 5.10 Å². The van der Waals surface area contributed by atoms with Gasteiger partial charge in [-0.1, -0.05) is 18.2 Å². The van der Waals surface area contributed by atoms with Crippen molar-refractivity contribution in [1.29, 1.82) is 0 Å². The molecule has 3 rings (SSSR count). The number of ether oxygens (including phenoxy) is 1. The fourth-order valence-electron chi connectivity index (χ4n) is 2.68. The third kappa shape index (κ3) is 3.76. The van der Waals surface area contributed by atoms with E-state index < -0.39 is 0 Å². The average molecular weight is 315 g/mol. The molecule has 1 saturated carbocycles. The number of hydrogen-bond donors (Lipinski definition) is 0. The van der Waals surface area contributed by atoms with E-state index >= 15 is 0 Å². The number of aromatic nitrogens is 2. The average Bonchev–Trinajstić information content (AvgIpc) is 3.39. The molecule has 6 heteroatoms. The molecule has 6 nitrogen and oxygen atoms in total. The number of esters is 1. The third-order valence-electron chi connectivity index (χ3n) is 4.05. The number of rotatable bonds is 7. The fourth-order valence-corrected chi connectivity index (χ4v) is 2.68. The predicted octanol–water partition coefficient (Wildman–Crippen LogP) is 1.77. The van der Waals surface area contributed by atoms with Crippen molar-refractivity contribution in [3.8, 4) is 0 Å². The second-order valence-corrected chi connectivity index (χ2v) is 5.78. The molecule has 2 aromatic rings. The minimum absolute atomic E-state index is 0.0927. The molecule has 0 atom stereocenters. The Morgan fingerprint density at radius 3 is 2.91 bits per heavy atom. The SMILES string of the molecule is CCOC(=O)CCN(Cn1ncc2ccccc2c1=O)C1CC1. The normalized spacial score (nSPS) is 14.3. The molecule has 1 aliphatic carbocycles. The zero-order valence-corrected chi connectivity index (χ0v) is 13.3. The molecule has 1 aliphatic rings. The number of carbonyl (C=O) groups excluding carboxylic acids is 1. The Kier molecular flexibility index (Phi) is 4.71. The Balaban J connectivity index is 1.74. The molecule has 0 unspecified atom stereocenters. The van der Waals surface area contributed by atoms with E-state index in [9.17, 15) is 9.59 Å². The van der Waals surface area contributed by atoms with E-state index in [0.717, 1.165) is 18.2 Å². The van der Waals surface area contributed by atoms with Crippen molar-refractivity contribution in [3.05, 3.63) is 40.8 Å². The van der Waals surface area contributed by atoms with Gasteiger partial charge in [0.15, 0.2) is 0 Å². The van der Waals surface area contributed by atoms with Gasteiger partial charge < -0.3 is 4.74 Å². The molecule has 0 bridgehead atoms. The van der Waals surface area contributed by atoms with E-state index in [1.54, 1.807) is 13.1 Å². The van der Waals surface area contributed by atoms with Crippen LogP contribution >= 0.6 is 0 Å². The number of carbonyl (C=O) groups is 1. The number of benzene rings is 1. The van der Waals surface area contributed by atoms with Crippen LogP contribution in [0.4, 0.5) is 0 Å². The van der Waals surface area contributed by atoms with E-state index in [1.807, 2.05) is 24.3 Å². The molecule has 0 radical (unpaired) electrons. The van der Waals surface area contributed by atoms with Crippen LogP contribution in [0.1, 0.15) is 26.2 Å². The van der Waals surface area contributed by atoms with Gasteiger partial charge in [0, 0.05) is 18.0 Å². The van der Waals surface area contributed by atoms with Gasteiger partial charge in [-0.05, 0) is 25.8 Å². The van der Waals surface area contributed by atoms with E-state index in [-0.39, 0.29) is 11.5 Å². The van der Waals surface area contributed by atoms with Gasteiger partial charge in [0.25, 0.3) is 5.56 Å². The van der Waals surface area contributed by atoms with Gasteiger partial charge in [-0.3, -0.25) is 14.5 Å². The number of nitrogens with zero attached hydrogens (tertiary/aromatic N) is 3. The maximum atomic E-state index is 12.5. The van der Waals surface area contributed by atoms with Crippen molar-refractivity contribution in [1.82, 2.24) is 14.7 Å². The Hall–Kier alpha value is -2.21. The Morgan fingerprint density at radius 2 is 2.17 bits per heavy atom. The molecule has 122 valence electrons. The summed E-state index contributed by atoms with van der Waals surface area (Å²) in [6.45, 7) is 3.20. The molecule has 0 aliphatic heterocycles. The van der Waals surface area contributed by atoms with Crippen molar-refractivity contribution in [2.24, 2.45) is 0 Å². The minimum Gasteiger partial charge on any atom is -0.466 e. The molecule has 0 amide bonds. The van der Waals surface area contributed by atoms with E-state index in [4.69, 9.17) is 4.74 Å². The predicted molar refractivity (Wildman–Crippen MR) is 87.0 cm³/mol. The molecular formula is C17H21N3O3. The van der Waals surface area contributed by atoms with Crippen LogP contribution in [-0.4, -0.2) is 39.8 Å². The molecular weight excluding hydrogens is 294 g/mol. The van der Waals surface area contributed by atoms with Gasteiger partial charge in [-0.15, -0.1) is 0 Å². The smallest absolute Gasteiger partial charge is 0.307 e. The lowest BCUT2D eigenvalue weighted by atomic mass is 10.2. The molecule has 0 saturated heterocycles. The summed E-state index contributed by atoms with van der Waals surface area (Å²) in [4.78, 5) is 26.2. The standard InChI is InChI=1S/C17H21N3O3/c1-2-23-16(21)9-10-19(14-7-8-14)12-20-17(22)15-6-4-3-5-13(15)11-18-20/h3-6,11,14H,2,7-10,12H2,1H3. The molecule has 1 aromatic heterocycles. The first-order valence-electron chi connectivity index (χ1n) is 8.03. The first-order chi connectivity index (χ1) is 11.2. The number of fused-ring (bicyclic) bond motifs is 1. The zero-order valence-electron chi connectivity index (χ0n) is 13.3. The lowest BCUT2D eigenvalue weighted by Gasteiger charge is -2.21. The summed E-state index contributed by atoms with van der Waals surface area (Å²) in [6, 6.07) is 7.88. The quantitative estimate of drug-likeness (QED) is 0.729. The van der Waals surface area contributed by atoms with Gasteiger partial charge in [-0.25, -0.2) is 4.68 Å². The highest BCUT2D eigenvalue weighted by molar-refractivity contribution is 5.80. The Morgan fingerprint density at radius 1 is 1.39 bits per heavy atom. The van der Waals surface area contributed by atoms with Crippen LogP contribution in [0.15, 0.2) is 35.3 Å². The van der Waals surface area contributed by atoms with Crippen molar-refractivity contribution in [3.63, 3.8) is 0 Å². The topological polar surface area (TPSA) is 64.4 Å². The van der Waals surface area contributed by atoms with Gasteiger partial charge >= 0.3 is 5.97 Å². The lowest BCUT2D eigenvalue weighted by molar-refractivity contribution is -0.143. The summed E-state index contributed by atoms with van der Waals surface area (Å²) >= 11 is 0. The first-order valence-corrected chi connectivity index (χ1v) is 8.03. The summed E-state index contributed by atoms with van der Waals surface area (Å²) in [6.07, 6.45) is 4.26. The van der Waals surface area contributed by atoms with E-state index in [1.165, 1.54) is 4.68 Å². The van der Waals surface area contributed by atoms with Crippen LogP contribution in [0.2, 0.25) is 0 Å². The largest absolute Gasteiger partial charge is 0.466 e. The number of hydrogen-bond acceptors (Lipinski definition) is 5. The highest BCUT2D eigenvalue weighted by Gasteiger charge is 2.29. The van der Waals surface area contributed by atoms with Crippen molar-refractivity contribution < 1.29 is 9.53 Å². The molecule has 1 fully saturated rings. The molecule has 0 spiro atoms. The van der Waals surface area contributed by atoms with Crippen molar-refractivity contribution >= 4 is 16.7 Å².